The lowest BCUT2D eigenvalue weighted by molar-refractivity contribution is 0.346. The Labute approximate surface area is 120 Å². The Balaban J connectivity index is 1.66. The number of ether oxygens (including phenoxy) is 1. The second-order valence-corrected chi connectivity index (χ2v) is 6.30. The molecule has 0 radical (unpaired) electrons. The van der Waals surface area contributed by atoms with Crippen molar-refractivity contribution in [3.05, 3.63) is 28.3 Å². The third kappa shape index (κ3) is 2.90. The Morgan fingerprint density at radius 2 is 2.16 bits per heavy atom. The molecule has 1 saturated carbocycles. The molecular formula is C16H22ClNO. The molecule has 1 aliphatic heterocycles. The Morgan fingerprint density at radius 3 is 2.95 bits per heavy atom. The highest BCUT2D eigenvalue weighted by atomic mass is 35.5. The molecule has 2 aliphatic rings. The van der Waals surface area contributed by atoms with Crippen molar-refractivity contribution in [2.75, 3.05) is 6.61 Å². The highest BCUT2D eigenvalue weighted by Crippen LogP contribution is 2.33. The van der Waals surface area contributed by atoms with Crippen molar-refractivity contribution < 1.29 is 4.74 Å². The second-order valence-electron chi connectivity index (χ2n) is 5.87. The molecule has 0 aromatic heterocycles. The molecule has 19 heavy (non-hydrogen) atoms. The first-order chi connectivity index (χ1) is 9.24. The normalized spacial score (nSPS) is 20.3. The number of hydrogen-bond acceptors (Lipinski definition) is 2. The molecule has 0 unspecified atom stereocenters. The minimum absolute atomic E-state index is 0.582. The molecule has 1 N–H and O–H groups in total. The zero-order valence-corrected chi connectivity index (χ0v) is 12.3. The molecule has 104 valence electrons. The highest BCUT2D eigenvalue weighted by Gasteiger charge is 2.22. The van der Waals surface area contributed by atoms with Gasteiger partial charge >= 0.3 is 0 Å². The van der Waals surface area contributed by atoms with E-state index in [-0.39, 0.29) is 0 Å². The molecule has 1 aromatic rings. The standard InChI is InChI=1S/C16H22ClNO/c1-11(12-4-2-3-5-12)18-10-14-9-15(17)8-13-6-7-19-16(13)14/h8-9,11-12,18H,2-7,10H2,1H3/t11-/m1/s1. The zero-order chi connectivity index (χ0) is 13.2. The molecule has 0 saturated heterocycles. The van der Waals surface area contributed by atoms with Gasteiger partial charge in [0.2, 0.25) is 0 Å². The molecule has 3 rings (SSSR count). The number of benzene rings is 1. The Bertz CT molecular complexity index is 454. The SMILES string of the molecule is C[C@@H](NCc1cc(Cl)cc2c1OCC2)C1CCCC1. The van der Waals surface area contributed by atoms with Crippen molar-refractivity contribution in [2.24, 2.45) is 5.92 Å². The summed E-state index contributed by atoms with van der Waals surface area (Å²) in [5.41, 5.74) is 2.47. The van der Waals surface area contributed by atoms with E-state index in [0.29, 0.717) is 6.04 Å². The molecule has 1 heterocycles. The first-order valence-corrected chi connectivity index (χ1v) is 7.79. The Morgan fingerprint density at radius 1 is 1.37 bits per heavy atom. The summed E-state index contributed by atoms with van der Waals surface area (Å²) in [5.74, 6) is 1.91. The third-order valence-electron chi connectivity index (χ3n) is 4.55. The summed E-state index contributed by atoms with van der Waals surface area (Å²) in [6.45, 7) is 3.96. The number of halogens is 1. The maximum Gasteiger partial charge on any atom is 0.127 e. The molecule has 0 spiro atoms. The lowest BCUT2D eigenvalue weighted by Crippen LogP contribution is -2.31. The van der Waals surface area contributed by atoms with Gasteiger partial charge in [-0.1, -0.05) is 24.4 Å². The zero-order valence-electron chi connectivity index (χ0n) is 11.5. The number of nitrogens with one attached hydrogen (secondary N) is 1. The Kier molecular flexibility index (Phi) is 3.99. The molecule has 1 aromatic carbocycles. The van der Waals surface area contributed by atoms with Crippen LogP contribution in [0.2, 0.25) is 5.02 Å². The van der Waals surface area contributed by atoms with Crippen molar-refractivity contribution in [2.45, 2.75) is 51.6 Å². The van der Waals surface area contributed by atoms with E-state index in [1.807, 2.05) is 12.1 Å². The topological polar surface area (TPSA) is 21.3 Å². The van der Waals surface area contributed by atoms with Gasteiger partial charge in [0.15, 0.2) is 0 Å². The minimum Gasteiger partial charge on any atom is -0.493 e. The van der Waals surface area contributed by atoms with Crippen LogP contribution in [0.3, 0.4) is 0 Å². The third-order valence-corrected chi connectivity index (χ3v) is 4.76. The average molecular weight is 280 g/mol. The van der Waals surface area contributed by atoms with Gasteiger partial charge in [-0.3, -0.25) is 0 Å². The predicted octanol–water partition coefficient (Wildman–Crippen LogP) is 3.94. The summed E-state index contributed by atoms with van der Waals surface area (Å²) in [6, 6.07) is 4.66. The molecule has 3 heteroatoms. The van der Waals surface area contributed by atoms with Gasteiger partial charge in [0, 0.05) is 29.6 Å². The molecule has 0 bridgehead atoms. The van der Waals surface area contributed by atoms with Crippen LogP contribution >= 0.6 is 11.6 Å². The largest absolute Gasteiger partial charge is 0.493 e. The smallest absolute Gasteiger partial charge is 0.127 e. The summed E-state index contributed by atoms with van der Waals surface area (Å²) in [4.78, 5) is 0. The maximum atomic E-state index is 6.19. The van der Waals surface area contributed by atoms with Crippen molar-refractivity contribution in [1.82, 2.24) is 5.32 Å². The van der Waals surface area contributed by atoms with E-state index >= 15 is 0 Å². The van der Waals surface area contributed by atoms with E-state index in [0.717, 1.165) is 36.3 Å². The van der Waals surface area contributed by atoms with Gasteiger partial charge in [-0.05, 0) is 43.4 Å². The van der Waals surface area contributed by atoms with E-state index < -0.39 is 0 Å². The predicted molar refractivity (Wildman–Crippen MR) is 78.9 cm³/mol. The molecule has 1 atom stereocenters. The van der Waals surface area contributed by atoms with Crippen LogP contribution in [0.5, 0.6) is 5.75 Å². The van der Waals surface area contributed by atoms with E-state index in [4.69, 9.17) is 16.3 Å². The number of rotatable bonds is 4. The van der Waals surface area contributed by atoms with Crippen LogP contribution in [0, 0.1) is 5.92 Å². The molecule has 1 aliphatic carbocycles. The fourth-order valence-electron chi connectivity index (χ4n) is 3.37. The van der Waals surface area contributed by atoms with Crippen LogP contribution < -0.4 is 10.1 Å². The van der Waals surface area contributed by atoms with Crippen LogP contribution in [0.1, 0.15) is 43.7 Å². The van der Waals surface area contributed by atoms with Crippen molar-refractivity contribution in [3.63, 3.8) is 0 Å². The van der Waals surface area contributed by atoms with E-state index in [1.54, 1.807) is 0 Å². The van der Waals surface area contributed by atoms with Crippen molar-refractivity contribution in [3.8, 4) is 5.75 Å². The minimum atomic E-state index is 0.582. The molecule has 1 fully saturated rings. The van der Waals surface area contributed by atoms with Gasteiger partial charge in [-0.15, -0.1) is 0 Å². The van der Waals surface area contributed by atoms with E-state index in [2.05, 4.69) is 12.2 Å². The fourth-order valence-corrected chi connectivity index (χ4v) is 3.64. The van der Waals surface area contributed by atoms with Gasteiger partial charge < -0.3 is 10.1 Å². The summed E-state index contributed by atoms with van der Waals surface area (Å²) in [6.07, 6.45) is 6.52. The first-order valence-electron chi connectivity index (χ1n) is 7.41. The molecule has 2 nitrogen and oxygen atoms in total. The first kappa shape index (κ1) is 13.3. The van der Waals surface area contributed by atoms with Crippen molar-refractivity contribution >= 4 is 11.6 Å². The highest BCUT2D eigenvalue weighted by molar-refractivity contribution is 6.30. The van der Waals surface area contributed by atoms with E-state index in [9.17, 15) is 0 Å². The summed E-state index contributed by atoms with van der Waals surface area (Å²) in [7, 11) is 0. The maximum absolute atomic E-state index is 6.19. The van der Waals surface area contributed by atoms with Crippen molar-refractivity contribution in [1.29, 1.82) is 0 Å². The number of fused-ring (bicyclic) bond motifs is 1. The average Bonchev–Trinajstić information content (AvgIpc) is 3.05. The van der Waals surface area contributed by atoms with Gasteiger partial charge in [0.05, 0.1) is 6.61 Å². The molecule has 0 amide bonds. The summed E-state index contributed by atoms with van der Waals surface area (Å²) >= 11 is 6.19. The van der Waals surface area contributed by atoms with Gasteiger partial charge in [0.25, 0.3) is 0 Å². The lowest BCUT2D eigenvalue weighted by atomic mass is 9.99. The number of hydrogen-bond donors (Lipinski definition) is 1. The van der Waals surface area contributed by atoms with Crippen LogP contribution in [0.15, 0.2) is 12.1 Å². The quantitative estimate of drug-likeness (QED) is 0.901. The van der Waals surface area contributed by atoms with Crippen LogP contribution in [-0.2, 0) is 13.0 Å². The lowest BCUT2D eigenvalue weighted by Gasteiger charge is -2.21. The van der Waals surface area contributed by atoms with Crippen LogP contribution in [0.25, 0.3) is 0 Å². The van der Waals surface area contributed by atoms with Gasteiger partial charge in [0.1, 0.15) is 5.75 Å². The summed E-state index contributed by atoms with van der Waals surface area (Å²) < 4.78 is 5.74. The fraction of sp³-hybridized carbons (Fsp3) is 0.625. The van der Waals surface area contributed by atoms with Gasteiger partial charge in [-0.2, -0.15) is 0 Å². The van der Waals surface area contributed by atoms with E-state index in [1.165, 1.54) is 36.8 Å². The Hall–Kier alpha value is -0.730. The van der Waals surface area contributed by atoms with Crippen LogP contribution in [0.4, 0.5) is 0 Å². The summed E-state index contributed by atoms with van der Waals surface area (Å²) in [5, 5.41) is 4.49. The van der Waals surface area contributed by atoms with Gasteiger partial charge in [-0.25, -0.2) is 0 Å². The second kappa shape index (κ2) is 5.72. The molecular weight excluding hydrogens is 258 g/mol. The van der Waals surface area contributed by atoms with Crippen LogP contribution in [-0.4, -0.2) is 12.6 Å². The monoisotopic (exact) mass is 279 g/mol.